The van der Waals surface area contributed by atoms with Crippen LogP contribution in [-0.4, -0.2) is 22.8 Å². The predicted molar refractivity (Wildman–Crippen MR) is 76.8 cm³/mol. The van der Waals surface area contributed by atoms with E-state index in [1.807, 2.05) is 34.6 Å². The van der Waals surface area contributed by atoms with Gasteiger partial charge in [-0.1, -0.05) is 6.92 Å². The molecule has 0 aromatic carbocycles. The van der Waals surface area contributed by atoms with E-state index in [9.17, 15) is 9.90 Å². The average Bonchev–Trinajstić information content (AvgIpc) is 2.54. The SMILES string of the molecule is CCC(C)(C)C(=O)OC1CCCC(C(C)(C)O)CC1. The number of carbonyl (C=O) groups excluding carboxylic acids is 1. The van der Waals surface area contributed by atoms with Crippen LogP contribution in [0.4, 0.5) is 0 Å². The molecule has 1 aliphatic rings. The molecule has 1 N–H and O–H groups in total. The van der Waals surface area contributed by atoms with Gasteiger partial charge in [0.15, 0.2) is 0 Å². The molecule has 1 fully saturated rings. The maximum Gasteiger partial charge on any atom is 0.311 e. The number of esters is 1. The number of ether oxygens (including phenoxy) is 1. The Labute approximate surface area is 117 Å². The molecule has 0 radical (unpaired) electrons. The maximum absolute atomic E-state index is 12.1. The van der Waals surface area contributed by atoms with Gasteiger partial charge in [-0.25, -0.2) is 0 Å². The molecule has 19 heavy (non-hydrogen) atoms. The molecule has 0 aliphatic heterocycles. The zero-order valence-electron chi connectivity index (χ0n) is 13.2. The minimum Gasteiger partial charge on any atom is -0.462 e. The second kappa shape index (κ2) is 6.25. The van der Waals surface area contributed by atoms with Gasteiger partial charge in [0.05, 0.1) is 11.0 Å². The summed E-state index contributed by atoms with van der Waals surface area (Å²) in [6, 6.07) is 0. The highest BCUT2D eigenvalue weighted by molar-refractivity contribution is 5.75. The summed E-state index contributed by atoms with van der Waals surface area (Å²) in [5.41, 5.74) is -1.01. The van der Waals surface area contributed by atoms with Crippen LogP contribution >= 0.6 is 0 Å². The third kappa shape index (κ3) is 4.79. The number of aliphatic hydroxyl groups is 1. The third-order valence-corrected chi connectivity index (χ3v) is 4.63. The molecule has 0 spiro atoms. The van der Waals surface area contributed by atoms with Crippen molar-refractivity contribution in [1.82, 2.24) is 0 Å². The van der Waals surface area contributed by atoms with E-state index in [-0.39, 0.29) is 17.5 Å². The van der Waals surface area contributed by atoms with Crippen molar-refractivity contribution in [1.29, 1.82) is 0 Å². The van der Waals surface area contributed by atoms with Gasteiger partial charge in [0.2, 0.25) is 0 Å². The molecule has 1 aliphatic carbocycles. The summed E-state index contributed by atoms with van der Waals surface area (Å²) in [6.45, 7) is 9.64. The van der Waals surface area contributed by atoms with Crippen LogP contribution in [0, 0.1) is 11.3 Å². The van der Waals surface area contributed by atoms with E-state index in [1.54, 1.807) is 0 Å². The maximum atomic E-state index is 12.1. The zero-order chi connectivity index (χ0) is 14.7. The molecule has 0 aromatic rings. The van der Waals surface area contributed by atoms with Crippen LogP contribution in [0.3, 0.4) is 0 Å². The number of carbonyl (C=O) groups is 1. The summed E-state index contributed by atoms with van der Waals surface area (Å²) in [5.74, 6) is 0.233. The van der Waals surface area contributed by atoms with Gasteiger partial charge in [-0.15, -0.1) is 0 Å². The monoisotopic (exact) mass is 270 g/mol. The van der Waals surface area contributed by atoms with Crippen molar-refractivity contribution in [2.24, 2.45) is 11.3 Å². The lowest BCUT2D eigenvalue weighted by Crippen LogP contribution is -2.31. The molecule has 1 rings (SSSR count). The van der Waals surface area contributed by atoms with Crippen LogP contribution < -0.4 is 0 Å². The van der Waals surface area contributed by atoms with Crippen molar-refractivity contribution in [3.63, 3.8) is 0 Å². The van der Waals surface area contributed by atoms with Crippen LogP contribution in [0.2, 0.25) is 0 Å². The van der Waals surface area contributed by atoms with E-state index in [0.29, 0.717) is 5.92 Å². The Kier molecular flexibility index (Phi) is 5.43. The second-order valence-electron chi connectivity index (χ2n) is 7.12. The van der Waals surface area contributed by atoms with Gasteiger partial charge in [0.25, 0.3) is 0 Å². The van der Waals surface area contributed by atoms with Crippen molar-refractivity contribution >= 4 is 5.97 Å². The summed E-state index contributed by atoms with van der Waals surface area (Å²) in [7, 11) is 0. The van der Waals surface area contributed by atoms with E-state index in [4.69, 9.17) is 4.74 Å². The molecule has 3 heteroatoms. The molecular formula is C16H30O3. The first-order chi connectivity index (χ1) is 8.66. The van der Waals surface area contributed by atoms with Crippen LogP contribution in [0.25, 0.3) is 0 Å². The topological polar surface area (TPSA) is 46.5 Å². The molecule has 2 atom stereocenters. The Morgan fingerprint density at radius 2 is 1.79 bits per heavy atom. The summed E-state index contributed by atoms with van der Waals surface area (Å²) >= 11 is 0. The van der Waals surface area contributed by atoms with Crippen LogP contribution in [0.15, 0.2) is 0 Å². The highest BCUT2D eigenvalue weighted by Gasteiger charge is 2.33. The van der Waals surface area contributed by atoms with Crippen LogP contribution in [-0.2, 0) is 9.53 Å². The van der Waals surface area contributed by atoms with Crippen molar-refractivity contribution < 1.29 is 14.6 Å². The minimum atomic E-state index is -0.623. The summed E-state index contributed by atoms with van der Waals surface area (Å²) in [6.07, 6.45) is 5.62. The molecule has 3 nitrogen and oxygen atoms in total. The smallest absolute Gasteiger partial charge is 0.311 e. The lowest BCUT2D eigenvalue weighted by molar-refractivity contribution is -0.160. The Hall–Kier alpha value is -0.570. The average molecular weight is 270 g/mol. The third-order valence-electron chi connectivity index (χ3n) is 4.63. The van der Waals surface area contributed by atoms with Crippen LogP contribution in [0.1, 0.15) is 73.1 Å². The first kappa shape index (κ1) is 16.5. The molecule has 0 bridgehead atoms. The van der Waals surface area contributed by atoms with E-state index in [1.165, 1.54) is 0 Å². The van der Waals surface area contributed by atoms with Crippen LogP contribution in [0.5, 0.6) is 0 Å². The minimum absolute atomic E-state index is 0.0330. The first-order valence-corrected chi connectivity index (χ1v) is 7.60. The first-order valence-electron chi connectivity index (χ1n) is 7.60. The van der Waals surface area contributed by atoms with Gasteiger partial charge >= 0.3 is 5.97 Å². The Morgan fingerprint density at radius 1 is 1.16 bits per heavy atom. The van der Waals surface area contributed by atoms with E-state index >= 15 is 0 Å². The highest BCUT2D eigenvalue weighted by atomic mass is 16.5. The van der Waals surface area contributed by atoms with Gasteiger partial charge in [-0.3, -0.25) is 4.79 Å². The fourth-order valence-corrected chi connectivity index (χ4v) is 2.55. The van der Waals surface area contributed by atoms with Gasteiger partial charge < -0.3 is 9.84 Å². The summed E-state index contributed by atoms with van der Waals surface area (Å²) in [5, 5.41) is 10.1. The van der Waals surface area contributed by atoms with E-state index in [2.05, 4.69) is 0 Å². The van der Waals surface area contributed by atoms with Crippen molar-refractivity contribution in [2.75, 3.05) is 0 Å². The van der Waals surface area contributed by atoms with E-state index < -0.39 is 5.60 Å². The lowest BCUT2D eigenvalue weighted by atomic mass is 9.85. The Balaban J connectivity index is 2.52. The van der Waals surface area contributed by atoms with Gasteiger partial charge in [-0.05, 0) is 72.1 Å². The van der Waals surface area contributed by atoms with Gasteiger partial charge in [0, 0.05) is 0 Å². The Bertz CT molecular complexity index is 302. The molecule has 0 amide bonds. The van der Waals surface area contributed by atoms with Crippen molar-refractivity contribution in [2.45, 2.75) is 84.8 Å². The van der Waals surface area contributed by atoms with E-state index in [0.717, 1.165) is 38.5 Å². The molecule has 0 heterocycles. The highest BCUT2D eigenvalue weighted by Crippen LogP contribution is 2.33. The molecular weight excluding hydrogens is 240 g/mol. The zero-order valence-corrected chi connectivity index (χ0v) is 13.2. The standard InChI is InChI=1S/C16H30O3/c1-6-15(2,3)14(17)19-13-9-7-8-12(10-11-13)16(4,5)18/h12-13,18H,6-11H2,1-5H3. The molecule has 2 unspecified atom stereocenters. The lowest BCUT2D eigenvalue weighted by Gasteiger charge is -2.28. The normalized spacial score (nSPS) is 25.8. The quantitative estimate of drug-likeness (QED) is 0.626. The molecule has 0 saturated heterocycles. The summed E-state index contributed by atoms with van der Waals surface area (Å²) < 4.78 is 5.67. The fraction of sp³-hybridized carbons (Fsp3) is 0.938. The molecule has 112 valence electrons. The van der Waals surface area contributed by atoms with Gasteiger partial charge in [0.1, 0.15) is 6.10 Å². The summed E-state index contributed by atoms with van der Waals surface area (Å²) in [4.78, 5) is 12.1. The Morgan fingerprint density at radius 3 is 2.32 bits per heavy atom. The predicted octanol–water partition coefficient (Wildman–Crippen LogP) is 3.69. The molecule has 1 saturated carbocycles. The fourth-order valence-electron chi connectivity index (χ4n) is 2.55. The van der Waals surface area contributed by atoms with Crippen molar-refractivity contribution in [3.05, 3.63) is 0 Å². The molecule has 0 aromatic heterocycles. The largest absolute Gasteiger partial charge is 0.462 e. The second-order valence-corrected chi connectivity index (χ2v) is 7.12. The van der Waals surface area contributed by atoms with Crippen molar-refractivity contribution in [3.8, 4) is 0 Å². The number of hydrogen-bond donors (Lipinski definition) is 1. The number of rotatable bonds is 4. The van der Waals surface area contributed by atoms with Gasteiger partial charge in [-0.2, -0.15) is 0 Å². The number of hydrogen-bond acceptors (Lipinski definition) is 3.